The van der Waals surface area contributed by atoms with Crippen molar-refractivity contribution in [1.29, 1.82) is 0 Å². The normalized spacial score (nSPS) is 15.7. The Morgan fingerprint density at radius 3 is 2.62 bits per heavy atom. The van der Waals surface area contributed by atoms with E-state index in [9.17, 15) is 0 Å². The Hall–Kier alpha value is -2.07. The SMILES string of the molecule is CN=C(NCC1CCN(Cc2nc(C)c(C)o2)CC1)N(C)Cc1cc2ccccc2o1.I. The molecule has 0 spiro atoms. The van der Waals surface area contributed by atoms with Crippen molar-refractivity contribution in [2.75, 3.05) is 33.7 Å². The summed E-state index contributed by atoms with van der Waals surface area (Å²) in [5.74, 6) is 4.23. The van der Waals surface area contributed by atoms with Crippen molar-refractivity contribution in [3.8, 4) is 0 Å². The van der Waals surface area contributed by atoms with Gasteiger partial charge in [0.05, 0.1) is 18.8 Å². The Morgan fingerprint density at radius 1 is 1.22 bits per heavy atom. The molecule has 3 aromatic rings. The molecule has 0 saturated carbocycles. The minimum atomic E-state index is 0. The van der Waals surface area contributed by atoms with Gasteiger partial charge in [-0.1, -0.05) is 18.2 Å². The molecule has 0 amide bonds. The summed E-state index contributed by atoms with van der Waals surface area (Å²) >= 11 is 0. The van der Waals surface area contributed by atoms with Gasteiger partial charge in [0.2, 0.25) is 5.89 Å². The van der Waals surface area contributed by atoms with Crippen LogP contribution in [0.2, 0.25) is 0 Å². The summed E-state index contributed by atoms with van der Waals surface area (Å²) in [6.45, 7) is 8.53. The Morgan fingerprint density at radius 2 is 1.97 bits per heavy atom. The third-order valence-corrected chi connectivity index (χ3v) is 6.13. The van der Waals surface area contributed by atoms with Crippen molar-refractivity contribution in [2.24, 2.45) is 10.9 Å². The standard InChI is InChI=1S/C24H33N5O2.HI/c1-17-18(2)30-23(27-17)16-29-11-9-19(10-12-29)14-26-24(25-3)28(4)15-21-13-20-7-5-6-8-22(20)31-21;/h5-8,13,19H,9-12,14-16H2,1-4H3,(H,25,26);1H. The van der Waals surface area contributed by atoms with Crippen LogP contribution in [0.15, 0.2) is 44.2 Å². The fourth-order valence-corrected chi connectivity index (χ4v) is 4.19. The molecule has 1 fully saturated rings. The quantitative estimate of drug-likeness (QED) is 0.275. The average Bonchev–Trinajstić information content (AvgIpc) is 3.31. The van der Waals surface area contributed by atoms with Gasteiger partial charge in [0.1, 0.15) is 17.1 Å². The Balaban J connectivity index is 0.00000289. The molecular weight excluding hydrogens is 517 g/mol. The lowest BCUT2D eigenvalue weighted by Crippen LogP contribution is -2.43. The number of para-hydroxylation sites is 1. The third-order valence-electron chi connectivity index (χ3n) is 6.13. The zero-order valence-electron chi connectivity index (χ0n) is 19.4. The summed E-state index contributed by atoms with van der Waals surface area (Å²) in [6.07, 6.45) is 2.33. The van der Waals surface area contributed by atoms with Gasteiger partial charge in [-0.15, -0.1) is 24.0 Å². The monoisotopic (exact) mass is 551 g/mol. The number of likely N-dealkylation sites (tertiary alicyclic amines) is 1. The minimum absolute atomic E-state index is 0. The molecule has 1 aliphatic rings. The maximum Gasteiger partial charge on any atom is 0.208 e. The molecule has 0 atom stereocenters. The van der Waals surface area contributed by atoms with Gasteiger partial charge in [0, 0.05) is 26.0 Å². The van der Waals surface area contributed by atoms with Crippen LogP contribution in [0, 0.1) is 19.8 Å². The largest absolute Gasteiger partial charge is 0.459 e. The molecule has 4 rings (SSSR count). The molecule has 1 saturated heterocycles. The second kappa shape index (κ2) is 11.2. The van der Waals surface area contributed by atoms with Gasteiger partial charge < -0.3 is 19.1 Å². The number of piperidine rings is 1. The topological polar surface area (TPSA) is 70.0 Å². The molecule has 32 heavy (non-hydrogen) atoms. The average molecular weight is 551 g/mol. The predicted molar refractivity (Wildman–Crippen MR) is 138 cm³/mol. The van der Waals surface area contributed by atoms with E-state index in [1.807, 2.05) is 46.1 Å². The summed E-state index contributed by atoms with van der Waals surface area (Å²) < 4.78 is 11.7. The zero-order valence-corrected chi connectivity index (χ0v) is 21.8. The summed E-state index contributed by atoms with van der Waals surface area (Å²) in [7, 11) is 3.88. The van der Waals surface area contributed by atoms with Crippen LogP contribution in [0.4, 0.5) is 0 Å². The second-order valence-electron chi connectivity index (χ2n) is 8.50. The highest BCUT2D eigenvalue weighted by Crippen LogP contribution is 2.21. The highest BCUT2D eigenvalue weighted by atomic mass is 127. The van der Waals surface area contributed by atoms with Crippen LogP contribution in [-0.2, 0) is 13.1 Å². The molecule has 1 aliphatic heterocycles. The summed E-state index contributed by atoms with van der Waals surface area (Å²) in [6, 6.07) is 10.2. The lowest BCUT2D eigenvalue weighted by molar-refractivity contribution is 0.163. The molecule has 0 radical (unpaired) electrons. The minimum Gasteiger partial charge on any atom is -0.459 e. The van der Waals surface area contributed by atoms with Crippen molar-refractivity contribution in [2.45, 2.75) is 39.8 Å². The number of aryl methyl sites for hydroxylation is 2. The van der Waals surface area contributed by atoms with Crippen LogP contribution in [0.3, 0.4) is 0 Å². The van der Waals surface area contributed by atoms with Crippen molar-refractivity contribution < 1.29 is 8.83 Å². The highest BCUT2D eigenvalue weighted by molar-refractivity contribution is 14.0. The van der Waals surface area contributed by atoms with Crippen molar-refractivity contribution in [1.82, 2.24) is 20.1 Å². The van der Waals surface area contributed by atoms with Crippen molar-refractivity contribution in [3.63, 3.8) is 0 Å². The Labute approximate surface area is 207 Å². The van der Waals surface area contributed by atoms with Gasteiger partial charge in [-0.05, 0) is 57.8 Å². The van der Waals surface area contributed by atoms with Crippen molar-refractivity contribution in [3.05, 3.63) is 53.4 Å². The fourth-order valence-electron chi connectivity index (χ4n) is 4.19. The number of oxazole rings is 1. The van der Waals surface area contributed by atoms with Crippen molar-refractivity contribution >= 4 is 40.9 Å². The summed E-state index contributed by atoms with van der Waals surface area (Å²) in [4.78, 5) is 13.5. The van der Waals surface area contributed by atoms with Gasteiger partial charge in [-0.3, -0.25) is 9.89 Å². The smallest absolute Gasteiger partial charge is 0.208 e. The van der Waals surface area contributed by atoms with E-state index in [1.54, 1.807) is 0 Å². The number of aliphatic imine (C=N–C) groups is 1. The first-order chi connectivity index (χ1) is 15.0. The van der Waals surface area contributed by atoms with E-state index in [-0.39, 0.29) is 24.0 Å². The van der Waals surface area contributed by atoms with Gasteiger partial charge in [0.15, 0.2) is 5.96 Å². The van der Waals surface area contributed by atoms with Gasteiger partial charge >= 0.3 is 0 Å². The number of nitrogens with one attached hydrogen (secondary N) is 1. The predicted octanol–water partition coefficient (Wildman–Crippen LogP) is 4.58. The first-order valence-electron chi connectivity index (χ1n) is 11.1. The molecule has 0 aliphatic carbocycles. The van der Waals surface area contributed by atoms with E-state index in [4.69, 9.17) is 8.83 Å². The maximum absolute atomic E-state index is 5.95. The molecule has 1 N–H and O–H groups in total. The molecule has 2 aromatic heterocycles. The Bertz CT molecular complexity index is 984. The number of hydrogen-bond acceptors (Lipinski definition) is 5. The highest BCUT2D eigenvalue weighted by Gasteiger charge is 2.21. The van der Waals surface area contributed by atoms with Crippen LogP contribution in [0.1, 0.15) is 35.9 Å². The maximum atomic E-state index is 5.95. The number of rotatable bonds is 6. The van der Waals surface area contributed by atoms with E-state index < -0.39 is 0 Å². The van der Waals surface area contributed by atoms with Crippen LogP contribution in [-0.4, -0.2) is 54.5 Å². The van der Waals surface area contributed by atoms with E-state index >= 15 is 0 Å². The first kappa shape index (κ1) is 24.6. The number of guanidine groups is 1. The Kier molecular flexibility index (Phi) is 8.58. The number of halogens is 1. The number of aromatic nitrogens is 1. The molecular formula is C24H34IN5O2. The van der Waals surface area contributed by atoms with Crippen LogP contribution in [0.5, 0.6) is 0 Å². The number of nitrogens with zero attached hydrogens (tertiary/aromatic N) is 4. The second-order valence-corrected chi connectivity index (χ2v) is 8.50. The molecule has 0 unspecified atom stereocenters. The van der Waals surface area contributed by atoms with E-state index in [2.05, 4.69) is 37.2 Å². The lowest BCUT2D eigenvalue weighted by atomic mass is 9.97. The van der Waals surface area contributed by atoms with Gasteiger partial charge in [-0.2, -0.15) is 0 Å². The molecule has 7 nitrogen and oxygen atoms in total. The van der Waals surface area contributed by atoms with E-state index in [0.29, 0.717) is 12.5 Å². The molecule has 174 valence electrons. The van der Waals surface area contributed by atoms with Gasteiger partial charge in [-0.25, -0.2) is 4.98 Å². The summed E-state index contributed by atoms with van der Waals surface area (Å²) in [5, 5.41) is 4.69. The number of benzene rings is 1. The molecule has 0 bridgehead atoms. The van der Waals surface area contributed by atoms with E-state index in [0.717, 1.165) is 79.1 Å². The van der Waals surface area contributed by atoms with E-state index in [1.165, 1.54) is 0 Å². The molecule has 3 heterocycles. The molecule has 8 heteroatoms. The van der Waals surface area contributed by atoms with Crippen LogP contribution >= 0.6 is 24.0 Å². The van der Waals surface area contributed by atoms with Crippen LogP contribution in [0.25, 0.3) is 11.0 Å². The molecule has 1 aromatic carbocycles. The summed E-state index contributed by atoms with van der Waals surface area (Å²) in [5.41, 5.74) is 1.92. The number of furan rings is 1. The number of fused-ring (bicyclic) bond motifs is 1. The fraction of sp³-hybridized carbons (Fsp3) is 0.500. The number of hydrogen-bond donors (Lipinski definition) is 1. The first-order valence-corrected chi connectivity index (χ1v) is 11.1. The lowest BCUT2D eigenvalue weighted by Gasteiger charge is -2.32. The third kappa shape index (κ3) is 6.04. The van der Waals surface area contributed by atoms with Gasteiger partial charge in [0.25, 0.3) is 0 Å². The van der Waals surface area contributed by atoms with Crippen LogP contribution < -0.4 is 5.32 Å². The zero-order chi connectivity index (χ0) is 21.8.